The molecule has 3 rings (SSSR count). The molecule has 6 nitrogen and oxygen atoms in total. The van der Waals surface area contributed by atoms with E-state index < -0.39 is 0 Å². The smallest absolute Gasteiger partial charge is 0.222 e. The fourth-order valence-electron chi connectivity index (χ4n) is 2.13. The van der Waals surface area contributed by atoms with E-state index >= 15 is 0 Å². The molecule has 1 aromatic heterocycles. The van der Waals surface area contributed by atoms with Gasteiger partial charge in [-0.1, -0.05) is 15.9 Å². The van der Waals surface area contributed by atoms with Gasteiger partial charge in [0.25, 0.3) is 0 Å². The zero-order valence-corrected chi connectivity index (χ0v) is 14.0. The number of rotatable bonds is 3. The molecule has 0 amide bonds. The Morgan fingerprint density at radius 3 is 2.08 bits per heavy atom. The van der Waals surface area contributed by atoms with Crippen molar-refractivity contribution in [2.45, 2.75) is 0 Å². The van der Waals surface area contributed by atoms with E-state index in [1.165, 1.54) is 0 Å². The second-order valence-electron chi connectivity index (χ2n) is 4.88. The summed E-state index contributed by atoms with van der Waals surface area (Å²) >= 11 is 3.38. The normalized spacial score (nSPS) is 10.2. The second kappa shape index (κ2) is 6.56. The highest BCUT2D eigenvalue weighted by atomic mass is 79.9. The topological polar surface area (TPSA) is 111 Å². The van der Waals surface area contributed by atoms with Crippen LogP contribution in [0.15, 0.2) is 53.0 Å². The van der Waals surface area contributed by atoms with Crippen molar-refractivity contribution in [3.8, 4) is 28.8 Å². The van der Waals surface area contributed by atoms with Gasteiger partial charge in [-0.15, -0.1) is 0 Å². The Morgan fingerprint density at radius 2 is 1.50 bits per heavy atom. The largest absolute Gasteiger partial charge is 0.457 e. The van der Waals surface area contributed by atoms with E-state index in [1.54, 1.807) is 24.3 Å². The van der Waals surface area contributed by atoms with Gasteiger partial charge in [-0.25, -0.2) is 4.98 Å². The van der Waals surface area contributed by atoms with Crippen molar-refractivity contribution in [1.82, 2.24) is 9.97 Å². The first-order valence-electron chi connectivity index (χ1n) is 6.94. The summed E-state index contributed by atoms with van der Waals surface area (Å²) < 4.78 is 6.74. The van der Waals surface area contributed by atoms with Crippen molar-refractivity contribution in [2.24, 2.45) is 0 Å². The van der Waals surface area contributed by atoms with Crippen LogP contribution in [-0.4, -0.2) is 9.97 Å². The van der Waals surface area contributed by atoms with Crippen LogP contribution in [0.25, 0.3) is 11.3 Å². The van der Waals surface area contributed by atoms with Crippen LogP contribution >= 0.6 is 15.9 Å². The second-order valence-corrected chi connectivity index (χ2v) is 5.80. The number of hydrogen-bond acceptors (Lipinski definition) is 6. The molecule has 0 atom stereocenters. The first kappa shape index (κ1) is 15.8. The first-order chi connectivity index (χ1) is 11.6. The average molecular weight is 382 g/mol. The maximum Gasteiger partial charge on any atom is 0.222 e. The number of ether oxygens (including phenoxy) is 1. The molecule has 0 bridgehead atoms. The number of nitrogens with two attached hydrogens (primary N) is 2. The van der Waals surface area contributed by atoms with Gasteiger partial charge in [-0.2, -0.15) is 10.2 Å². The summed E-state index contributed by atoms with van der Waals surface area (Å²) in [6, 6.07) is 16.7. The molecule has 1 heterocycles. The molecule has 0 aliphatic carbocycles. The first-order valence-corrected chi connectivity index (χ1v) is 7.73. The highest BCUT2D eigenvalue weighted by Gasteiger charge is 2.13. The van der Waals surface area contributed by atoms with Gasteiger partial charge >= 0.3 is 0 Å². The van der Waals surface area contributed by atoms with Crippen LogP contribution in [0.3, 0.4) is 0 Å². The van der Waals surface area contributed by atoms with Crippen LogP contribution in [0.5, 0.6) is 11.5 Å². The lowest BCUT2D eigenvalue weighted by Crippen LogP contribution is -2.04. The third kappa shape index (κ3) is 3.29. The Hall–Kier alpha value is -3.11. The van der Waals surface area contributed by atoms with Gasteiger partial charge in [0, 0.05) is 10.0 Å². The summed E-state index contributed by atoms with van der Waals surface area (Å²) in [5.41, 5.74) is 12.7. The molecule has 2 aromatic carbocycles. The molecule has 0 aliphatic rings. The predicted molar refractivity (Wildman–Crippen MR) is 95.2 cm³/mol. The number of nitrogens with zero attached hydrogens (tertiary/aromatic N) is 3. The SMILES string of the molecule is N#Cc1c(N)nc(N)nc1-c1ccc(Oc2ccc(Br)cc2)cc1. The van der Waals surface area contributed by atoms with Crippen LogP contribution in [0.2, 0.25) is 0 Å². The Morgan fingerprint density at radius 1 is 0.917 bits per heavy atom. The molecule has 0 aliphatic heterocycles. The quantitative estimate of drug-likeness (QED) is 0.714. The van der Waals surface area contributed by atoms with Crippen molar-refractivity contribution in [3.05, 3.63) is 58.6 Å². The summed E-state index contributed by atoms with van der Waals surface area (Å²) in [5.74, 6) is 1.47. The molecular weight excluding hydrogens is 370 g/mol. The standard InChI is InChI=1S/C17H12BrN5O/c18-11-3-7-13(8-4-11)24-12-5-1-10(2-6-12)15-14(9-19)16(20)23-17(21)22-15/h1-8H,(H4,20,21,22,23). The number of nitriles is 1. The van der Waals surface area contributed by atoms with Crippen LogP contribution in [0.1, 0.15) is 5.56 Å². The Balaban J connectivity index is 1.90. The minimum absolute atomic E-state index is 0.0247. The maximum absolute atomic E-state index is 9.24. The summed E-state index contributed by atoms with van der Waals surface area (Å²) in [7, 11) is 0. The van der Waals surface area contributed by atoms with Gasteiger partial charge < -0.3 is 16.2 Å². The molecule has 0 unspecified atom stereocenters. The number of nitrogen functional groups attached to an aromatic ring is 2. The molecule has 7 heteroatoms. The molecule has 0 fully saturated rings. The number of aromatic nitrogens is 2. The lowest BCUT2D eigenvalue weighted by molar-refractivity contribution is 0.482. The van der Waals surface area contributed by atoms with Gasteiger partial charge in [0.05, 0.1) is 5.69 Å². The van der Waals surface area contributed by atoms with Crippen molar-refractivity contribution in [3.63, 3.8) is 0 Å². The minimum atomic E-state index is 0.0247. The van der Waals surface area contributed by atoms with E-state index in [2.05, 4.69) is 25.9 Å². The highest BCUT2D eigenvalue weighted by molar-refractivity contribution is 9.10. The van der Waals surface area contributed by atoms with Gasteiger partial charge in [-0.05, 0) is 48.5 Å². The summed E-state index contributed by atoms with van der Waals surface area (Å²) in [6.45, 7) is 0. The van der Waals surface area contributed by atoms with E-state index in [-0.39, 0.29) is 17.3 Å². The van der Waals surface area contributed by atoms with Gasteiger partial charge in [0.2, 0.25) is 5.95 Å². The molecular formula is C17H12BrN5O. The summed E-state index contributed by atoms with van der Waals surface area (Å²) in [4.78, 5) is 7.92. The van der Waals surface area contributed by atoms with E-state index in [0.717, 1.165) is 10.2 Å². The Kier molecular flexibility index (Phi) is 4.31. The van der Waals surface area contributed by atoms with Crippen LogP contribution in [0, 0.1) is 11.3 Å². The molecule has 0 radical (unpaired) electrons. The predicted octanol–water partition coefficient (Wildman–Crippen LogP) is 3.73. The zero-order chi connectivity index (χ0) is 17.1. The molecule has 4 N–H and O–H groups in total. The number of anilines is 2. The lowest BCUT2D eigenvalue weighted by Gasteiger charge is -2.09. The van der Waals surface area contributed by atoms with Gasteiger partial charge in [-0.3, -0.25) is 0 Å². The van der Waals surface area contributed by atoms with E-state index in [9.17, 15) is 5.26 Å². The number of benzene rings is 2. The third-order valence-corrected chi connectivity index (χ3v) is 3.77. The Bertz CT molecular complexity index is 917. The zero-order valence-electron chi connectivity index (χ0n) is 12.4. The molecule has 0 spiro atoms. The fourth-order valence-corrected chi connectivity index (χ4v) is 2.40. The average Bonchev–Trinajstić information content (AvgIpc) is 2.57. The maximum atomic E-state index is 9.24. The number of hydrogen-bond donors (Lipinski definition) is 2. The van der Waals surface area contributed by atoms with Gasteiger partial charge in [0.15, 0.2) is 0 Å². The van der Waals surface area contributed by atoms with Crippen molar-refractivity contribution >= 4 is 27.7 Å². The molecule has 3 aromatic rings. The van der Waals surface area contributed by atoms with Crippen LogP contribution in [0.4, 0.5) is 11.8 Å². The van der Waals surface area contributed by atoms with Gasteiger partial charge in [0.1, 0.15) is 28.9 Å². The molecule has 118 valence electrons. The van der Waals surface area contributed by atoms with E-state index in [1.807, 2.05) is 30.3 Å². The monoisotopic (exact) mass is 381 g/mol. The summed E-state index contributed by atoms with van der Waals surface area (Å²) in [6.07, 6.45) is 0. The molecule has 0 saturated carbocycles. The number of halogens is 1. The molecule has 0 saturated heterocycles. The summed E-state index contributed by atoms with van der Waals surface area (Å²) in [5, 5.41) is 9.24. The van der Waals surface area contributed by atoms with E-state index in [0.29, 0.717) is 17.0 Å². The molecule has 24 heavy (non-hydrogen) atoms. The van der Waals surface area contributed by atoms with Crippen LogP contribution in [-0.2, 0) is 0 Å². The minimum Gasteiger partial charge on any atom is -0.457 e. The van der Waals surface area contributed by atoms with Crippen molar-refractivity contribution in [1.29, 1.82) is 5.26 Å². The van der Waals surface area contributed by atoms with Crippen molar-refractivity contribution in [2.75, 3.05) is 11.5 Å². The van der Waals surface area contributed by atoms with Crippen molar-refractivity contribution < 1.29 is 4.74 Å². The van der Waals surface area contributed by atoms with E-state index in [4.69, 9.17) is 16.2 Å². The highest BCUT2D eigenvalue weighted by Crippen LogP contribution is 2.29. The fraction of sp³-hybridized carbons (Fsp3) is 0. The third-order valence-electron chi connectivity index (χ3n) is 3.24. The lowest BCUT2D eigenvalue weighted by atomic mass is 10.1. The van der Waals surface area contributed by atoms with Crippen LogP contribution < -0.4 is 16.2 Å². The Labute approximate surface area is 146 Å².